The number of aliphatic hydroxyl groups is 1. The van der Waals surface area contributed by atoms with Crippen LogP contribution in [0.2, 0.25) is 0 Å². The Hall–Kier alpha value is -1.83. The first kappa shape index (κ1) is 14.2. The molecule has 0 heterocycles. The highest BCUT2D eigenvalue weighted by molar-refractivity contribution is 5.85. The lowest BCUT2D eigenvalue weighted by molar-refractivity contribution is -0.141. The molecule has 0 rings (SSSR count). The summed E-state index contributed by atoms with van der Waals surface area (Å²) in [7, 11) is 1.15. The van der Waals surface area contributed by atoms with Crippen molar-refractivity contribution < 1.29 is 29.3 Å². The van der Waals surface area contributed by atoms with Crippen LogP contribution in [-0.4, -0.2) is 54.0 Å². The summed E-state index contributed by atoms with van der Waals surface area (Å²) in [6.07, 6.45) is -1.25. The SMILES string of the molecule is COC(=O)CNC(=O)N[C@H](C(=O)O)[C@@H](C)O. The average molecular weight is 234 g/mol. The second-order valence-corrected chi connectivity index (χ2v) is 2.96. The number of carboxylic acid groups (broad SMARTS) is 1. The maximum atomic E-state index is 11.1. The van der Waals surface area contributed by atoms with Crippen LogP contribution in [0, 0.1) is 0 Å². The number of nitrogens with one attached hydrogen (secondary N) is 2. The number of urea groups is 1. The van der Waals surface area contributed by atoms with E-state index in [-0.39, 0.29) is 6.54 Å². The van der Waals surface area contributed by atoms with Crippen molar-refractivity contribution in [2.75, 3.05) is 13.7 Å². The quantitative estimate of drug-likeness (QED) is 0.420. The number of carbonyl (C=O) groups is 3. The lowest BCUT2D eigenvalue weighted by atomic mass is 10.2. The van der Waals surface area contributed by atoms with Crippen LogP contribution in [0.5, 0.6) is 0 Å². The number of hydrogen-bond acceptors (Lipinski definition) is 5. The van der Waals surface area contributed by atoms with Crippen LogP contribution >= 0.6 is 0 Å². The van der Waals surface area contributed by atoms with Crippen LogP contribution in [0.1, 0.15) is 6.92 Å². The minimum absolute atomic E-state index is 0.380. The second-order valence-electron chi connectivity index (χ2n) is 2.96. The molecule has 0 aromatic heterocycles. The van der Waals surface area contributed by atoms with Crippen molar-refractivity contribution in [1.29, 1.82) is 0 Å². The molecular weight excluding hydrogens is 220 g/mol. The highest BCUT2D eigenvalue weighted by atomic mass is 16.5. The highest BCUT2D eigenvalue weighted by Gasteiger charge is 2.24. The summed E-state index contributed by atoms with van der Waals surface area (Å²) < 4.78 is 4.25. The number of aliphatic hydroxyl groups excluding tert-OH is 1. The number of amides is 2. The Labute approximate surface area is 91.6 Å². The third kappa shape index (κ3) is 5.15. The fourth-order valence-corrected chi connectivity index (χ4v) is 0.806. The largest absolute Gasteiger partial charge is 0.480 e. The van der Waals surface area contributed by atoms with Crippen LogP contribution in [-0.2, 0) is 14.3 Å². The molecule has 0 fully saturated rings. The second kappa shape index (κ2) is 6.62. The summed E-state index contributed by atoms with van der Waals surface area (Å²) in [5, 5.41) is 21.7. The Bertz CT molecular complexity index is 278. The molecule has 0 aromatic rings. The monoisotopic (exact) mass is 234 g/mol. The van der Waals surface area contributed by atoms with Gasteiger partial charge in [-0.1, -0.05) is 0 Å². The first-order chi connectivity index (χ1) is 7.38. The molecule has 0 bridgehead atoms. The van der Waals surface area contributed by atoms with Crippen molar-refractivity contribution in [2.45, 2.75) is 19.1 Å². The molecule has 16 heavy (non-hydrogen) atoms. The van der Waals surface area contributed by atoms with Crippen LogP contribution in [0.3, 0.4) is 0 Å². The van der Waals surface area contributed by atoms with Crippen LogP contribution in [0.15, 0.2) is 0 Å². The lowest BCUT2D eigenvalue weighted by Gasteiger charge is -2.16. The number of esters is 1. The van der Waals surface area contributed by atoms with Crippen LogP contribution < -0.4 is 10.6 Å². The zero-order valence-electron chi connectivity index (χ0n) is 8.89. The van der Waals surface area contributed by atoms with Gasteiger partial charge in [-0.3, -0.25) is 4.79 Å². The van der Waals surface area contributed by atoms with E-state index >= 15 is 0 Å². The van der Waals surface area contributed by atoms with Crippen molar-refractivity contribution in [1.82, 2.24) is 10.6 Å². The van der Waals surface area contributed by atoms with Gasteiger partial charge >= 0.3 is 18.0 Å². The van der Waals surface area contributed by atoms with Gasteiger partial charge < -0.3 is 25.6 Å². The van der Waals surface area contributed by atoms with Crippen molar-refractivity contribution in [3.8, 4) is 0 Å². The average Bonchev–Trinajstić information content (AvgIpc) is 2.21. The van der Waals surface area contributed by atoms with Crippen LogP contribution in [0.4, 0.5) is 4.79 Å². The number of aliphatic carboxylic acids is 1. The Morgan fingerprint density at radius 1 is 1.38 bits per heavy atom. The molecule has 2 atom stereocenters. The molecule has 0 aliphatic heterocycles. The first-order valence-electron chi connectivity index (χ1n) is 4.40. The Kier molecular flexibility index (Phi) is 5.86. The summed E-state index contributed by atoms with van der Waals surface area (Å²) in [6, 6.07) is -2.31. The molecule has 0 aliphatic rings. The van der Waals surface area contributed by atoms with Gasteiger partial charge in [-0.25, -0.2) is 9.59 Å². The molecule has 0 unspecified atom stereocenters. The number of rotatable bonds is 5. The third-order valence-corrected chi connectivity index (χ3v) is 1.66. The van der Waals surface area contributed by atoms with E-state index in [0.29, 0.717) is 0 Å². The molecule has 2 amide bonds. The first-order valence-corrected chi connectivity index (χ1v) is 4.40. The van der Waals surface area contributed by atoms with E-state index < -0.39 is 30.1 Å². The Morgan fingerprint density at radius 3 is 2.31 bits per heavy atom. The zero-order chi connectivity index (χ0) is 12.7. The molecule has 0 radical (unpaired) electrons. The number of ether oxygens (including phenoxy) is 1. The summed E-state index contributed by atoms with van der Waals surface area (Å²) in [5.41, 5.74) is 0. The van der Waals surface area contributed by atoms with Crippen molar-refractivity contribution >= 4 is 18.0 Å². The van der Waals surface area contributed by atoms with Crippen molar-refractivity contribution in [3.05, 3.63) is 0 Å². The van der Waals surface area contributed by atoms with Gasteiger partial charge in [0.25, 0.3) is 0 Å². The van der Waals surface area contributed by atoms with E-state index in [1.165, 1.54) is 6.92 Å². The van der Waals surface area contributed by atoms with Crippen LogP contribution in [0.25, 0.3) is 0 Å². The minimum Gasteiger partial charge on any atom is -0.480 e. The smallest absolute Gasteiger partial charge is 0.328 e. The standard InChI is InChI=1S/C8H14N2O6/c1-4(11)6(7(13)14)10-8(15)9-3-5(12)16-2/h4,6,11H,3H2,1-2H3,(H,13,14)(H2,9,10,15)/t4-,6+/m1/s1. The van der Waals surface area contributed by atoms with Gasteiger partial charge in [-0.05, 0) is 6.92 Å². The molecule has 8 heteroatoms. The number of hydrogen-bond donors (Lipinski definition) is 4. The van der Waals surface area contributed by atoms with Gasteiger partial charge in [-0.15, -0.1) is 0 Å². The van der Waals surface area contributed by atoms with Gasteiger partial charge in [0.15, 0.2) is 6.04 Å². The van der Waals surface area contributed by atoms with E-state index in [9.17, 15) is 14.4 Å². The van der Waals surface area contributed by atoms with E-state index in [4.69, 9.17) is 10.2 Å². The molecule has 4 N–H and O–H groups in total. The van der Waals surface area contributed by atoms with Crippen molar-refractivity contribution in [2.24, 2.45) is 0 Å². The Morgan fingerprint density at radius 2 is 1.94 bits per heavy atom. The summed E-state index contributed by atoms with van der Waals surface area (Å²) in [4.78, 5) is 32.3. The van der Waals surface area contributed by atoms with Gasteiger partial charge in [0, 0.05) is 0 Å². The number of carboxylic acids is 1. The van der Waals surface area contributed by atoms with Gasteiger partial charge in [0.05, 0.1) is 13.2 Å². The molecule has 0 saturated heterocycles. The third-order valence-electron chi connectivity index (χ3n) is 1.66. The van der Waals surface area contributed by atoms with E-state index in [0.717, 1.165) is 7.11 Å². The topological polar surface area (TPSA) is 125 Å². The molecule has 0 aromatic carbocycles. The summed E-state index contributed by atoms with van der Waals surface area (Å²) in [6.45, 7) is 0.841. The molecule has 92 valence electrons. The zero-order valence-corrected chi connectivity index (χ0v) is 8.89. The highest BCUT2D eigenvalue weighted by Crippen LogP contribution is 1.92. The molecular formula is C8H14N2O6. The van der Waals surface area contributed by atoms with Gasteiger partial charge in [0.1, 0.15) is 6.54 Å². The van der Waals surface area contributed by atoms with E-state index in [1.807, 2.05) is 5.32 Å². The number of carbonyl (C=O) groups excluding carboxylic acids is 2. The Balaban J connectivity index is 4.11. The minimum atomic E-state index is -1.43. The molecule has 0 aliphatic carbocycles. The van der Waals surface area contributed by atoms with E-state index in [2.05, 4.69) is 10.1 Å². The van der Waals surface area contributed by atoms with E-state index in [1.54, 1.807) is 0 Å². The van der Waals surface area contributed by atoms with Gasteiger partial charge in [0.2, 0.25) is 0 Å². The predicted molar refractivity (Wildman–Crippen MR) is 51.7 cm³/mol. The van der Waals surface area contributed by atoms with Crippen molar-refractivity contribution in [3.63, 3.8) is 0 Å². The molecule has 0 saturated carbocycles. The molecule has 0 spiro atoms. The summed E-state index contributed by atoms with van der Waals surface area (Å²) >= 11 is 0. The van der Waals surface area contributed by atoms with Gasteiger partial charge in [-0.2, -0.15) is 0 Å². The normalized spacial score (nSPS) is 13.4. The maximum absolute atomic E-state index is 11.1. The fourth-order valence-electron chi connectivity index (χ4n) is 0.806. The predicted octanol–water partition coefficient (Wildman–Crippen LogP) is -1.71. The summed E-state index contributed by atoms with van der Waals surface area (Å²) in [5.74, 6) is -2.04. The fraction of sp³-hybridized carbons (Fsp3) is 0.625. The maximum Gasteiger partial charge on any atom is 0.328 e. The lowest BCUT2D eigenvalue weighted by Crippen LogP contribution is -2.51. The number of methoxy groups -OCH3 is 1. The molecule has 8 nitrogen and oxygen atoms in total.